The molecule has 0 radical (unpaired) electrons. The van der Waals surface area contributed by atoms with Crippen LogP contribution in [0.3, 0.4) is 0 Å². The lowest BCUT2D eigenvalue weighted by molar-refractivity contribution is 0.365. The highest BCUT2D eigenvalue weighted by molar-refractivity contribution is 6.36. The van der Waals surface area contributed by atoms with Crippen molar-refractivity contribution in [3.8, 4) is 0 Å². The van der Waals surface area contributed by atoms with Crippen molar-refractivity contribution in [1.82, 2.24) is 0 Å². The number of nitrogens with zero attached hydrogens (tertiary/aromatic N) is 1. The third-order valence-corrected chi connectivity index (χ3v) is 4.17. The van der Waals surface area contributed by atoms with Crippen LogP contribution < -0.4 is 0 Å². The zero-order chi connectivity index (χ0) is 13.5. The van der Waals surface area contributed by atoms with E-state index in [1.807, 2.05) is 26.0 Å². The molecule has 96 valence electrons. The number of aliphatic imine (C=N–C) groups is 1. The summed E-state index contributed by atoms with van der Waals surface area (Å²) in [5, 5.41) is 1.22. The van der Waals surface area contributed by atoms with Gasteiger partial charge >= 0.3 is 0 Å². The summed E-state index contributed by atoms with van der Waals surface area (Å²) in [5.74, 6) is 1.20. The molecular formula is C14H15Cl2NO. The maximum Gasteiger partial charge on any atom is 0.222 e. The van der Waals surface area contributed by atoms with Gasteiger partial charge in [0.2, 0.25) is 5.90 Å². The molecule has 4 heteroatoms. The Morgan fingerprint density at radius 2 is 1.89 bits per heavy atom. The van der Waals surface area contributed by atoms with Gasteiger partial charge in [-0.05, 0) is 38.0 Å². The summed E-state index contributed by atoms with van der Waals surface area (Å²) in [6.07, 6.45) is 0.836. The number of rotatable bonds is 2. The standard InChI is InChI=1S/C14H15Cl2NO/c1-5-14(4)9(3)18-13(17-14)10-6-11(15)8(2)12(16)7-10/h6-7H,3,5H2,1-2,4H3/t14-/m1/s1. The van der Waals surface area contributed by atoms with Crippen LogP contribution in [0.25, 0.3) is 0 Å². The van der Waals surface area contributed by atoms with Gasteiger partial charge in [-0.25, -0.2) is 4.99 Å². The summed E-state index contributed by atoms with van der Waals surface area (Å²) in [4.78, 5) is 4.58. The van der Waals surface area contributed by atoms with Crippen LogP contribution in [0.1, 0.15) is 31.4 Å². The Bertz CT molecular complexity index is 528. The lowest BCUT2D eigenvalue weighted by atomic mass is 9.99. The first-order valence-corrected chi connectivity index (χ1v) is 6.56. The van der Waals surface area contributed by atoms with Crippen molar-refractivity contribution in [2.45, 2.75) is 32.7 Å². The van der Waals surface area contributed by atoms with E-state index in [1.54, 1.807) is 0 Å². The number of hydrogen-bond donors (Lipinski definition) is 0. The Balaban J connectivity index is 2.46. The highest BCUT2D eigenvalue weighted by atomic mass is 35.5. The minimum atomic E-state index is -0.362. The van der Waals surface area contributed by atoms with Gasteiger partial charge in [-0.2, -0.15) is 0 Å². The quantitative estimate of drug-likeness (QED) is 0.767. The van der Waals surface area contributed by atoms with E-state index in [4.69, 9.17) is 27.9 Å². The van der Waals surface area contributed by atoms with Crippen LogP contribution in [0.2, 0.25) is 10.0 Å². The van der Waals surface area contributed by atoms with Crippen molar-refractivity contribution < 1.29 is 4.74 Å². The maximum atomic E-state index is 6.12. The molecule has 0 aliphatic carbocycles. The van der Waals surface area contributed by atoms with Gasteiger partial charge in [0.05, 0.1) is 0 Å². The Labute approximate surface area is 117 Å². The van der Waals surface area contributed by atoms with Crippen molar-refractivity contribution in [2.75, 3.05) is 0 Å². The van der Waals surface area contributed by atoms with Gasteiger partial charge in [-0.1, -0.05) is 36.7 Å². The zero-order valence-electron chi connectivity index (χ0n) is 10.7. The summed E-state index contributed by atoms with van der Waals surface area (Å²) < 4.78 is 5.64. The normalized spacial score (nSPS) is 22.9. The van der Waals surface area contributed by atoms with E-state index in [0.29, 0.717) is 21.7 Å². The third-order valence-electron chi connectivity index (χ3n) is 3.39. The minimum Gasteiger partial charge on any atom is -0.441 e. The van der Waals surface area contributed by atoms with Gasteiger partial charge < -0.3 is 4.74 Å². The fraction of sp³-hybridized carbons (Fsp3) is 0.357. The molecule has 0 saturated carbocycles. The molecular weight excluding hydrogens is 269 g/mol. The average molecular weight is 284 g/mol. The monoisotopic (exact) mass is 283 g/mol. The first-order chi connectivity index (χ1) is 8.37. The van der Waals surface area contributed by atoms with Crippen LogP contribution in [0.4, 0.5) is 0 Å². The van der Waals surface area contributed by atoms with E-state index < -0.39 is 0 Å². The van der Waals surface area contributed by atoms with E-state index in [-0.39, 0.29) is 5.54 Å². The van der Waals surface area contributed by atoms with Gasteiger partial charge in [-0.3, -0.25) is 0 Å². The van der Waals surface area contributed by atoms with Crippen molar-refractivity contribution in [2.24, 2.45) is 4.99 Å². The molecule has 1 aliphatic rings. The molecule has 0 bridgehead atoms. The maximum absolute atomic E-state index is 6.12. The molecule has 18 heavy (non-hydrogen) atoms. The second-order valence-electron chi connectivity index (χ2n) is 4.63. The number of hydrogen-bond acceptors (Lipinski definition) is 2. The predicted octanol–water partition coefficient (Wildman–Crippen LogP) is 4.76. The molecule has 1 aliphatic heterocycles. The Morgan fingerprint density at radius 1 is 1.33 bits per heavy atom. The Kier molecular flexibility index (Phi) is 3.43. The van der Waals surface area contributed by atoms with Gasteiger partial charge in [-0.15, -0.1) is 0 Å². The van der Waals surface area contributed by atoms with Crippen LogP contribution in [0, 0.1) is 6.92 Å². The fourth-order valence-corrected chi connectivity index (χ4v) is 2.19. The van der Waals surface area contributed by atoms with E-state index in [0.717, 1.165) is 17.5 Å². The van der Waals surface area contributed by atoms with E-state index in [9.17, 15) is 0 Å². The smallest absolute Gasteiger partial charge is 0.222 e. The van der Waals surface area contributed by atoms with Crippen LogP contribution >= 0.6 is 23.2 Å². The van der Waals surface area contributed by atoms with Crippen LogP contribution in [0.5, 0.6) is 0 Å². The summed E-state index contributed by atoms with van der Waals surface area (Å²) >= 11 is 12.2. The molecule has 0 amide bonds. The molecule has 2 rings (SSSR count). The fourth-order valence-electron chi connectivity index (χ4n) is 1.70. The summed E-state index contributed by atoms with van der Waals surface area (Å²) in [5.41, 5.74) is 1.28. The topological polar surface area (TPSA) is 21.6 Å². The van der Waals surface area contributed by atoms with Crippen molar-refractivity contribution in [1.29, 1.82) is 0 Å². The molecule has 0 aromatic heterocycles. The van der Waals surface area contributed by atoms with Crippen molar-refractivity contribution in [3.05, 3.63) is 45.6 Å². The predicted molar refractivity (Wildman–Crippen MR) is 76.7 cm³/mol. The number of halogens is 2. The third kappa shape index (κ3) is 2.15. The van der Waals surface area contributed by atoms with Gasteiger partial charge in [0.25, 0.3) is 0 Å². The van der Waals surface area contributed by atoms with Crippen molar-refractivity contribution >= 4 is 29.1 Å². The van der Waals surface area contributed by atoms with Gasteiger partial charge in [0, 0.05) is 15.6 Å². The molecule has 1 atom stereocenters. The molecule has 2 nitrogen and oxygen atoms in total. The minimum absolute atomic E-state index is 0.362. The second-order valence-corrected chi connectivity index (χ2v) is 5.45. The van der Waals surface area contributed by atoms with Crippen LogP contribution in [-0.2, 0) is 4.74 Å². The molecule has 0 N–H and O–H groups in total. The molecule has 0 fully saturated rings. The van der Waals surface area contributed by atoms with E-state index >= 15 is 0 Å². The van der Waals surface area contributed by atoms with E-state index in [1.165, 1.54) is 0 Å². The second kappa shape index (κ2) is 4.60. The SMILES string of the molecule is C=C1OC(c2cc(Cl)c(C)c(Cl)c2)=N[C@]1(C)CC. The largest absolute Gasteiger partial charge is 0.441 e. The molecule has 1 heterocycles. The molecule has 1 aromatic carbocycles. The van der Waals surface area contributed by atoms with Crippen LogP contribution in [-0.4, -0.2) is 11.4 Å². The number of benzene rings is 1. The Morgan fingerprint density at radius 3 is 2.33 bits per heavy atom. The first-order valence-electron chi connectivity index (χ1n) is 5.80. The zero-order valence-corrected chi connectivity index (χ0v) is 12.2. The molecule has 1 aromatic rings. The average Bonchev–Trinajstić information content (AvgIpc) is 2.63. The van der Waals surface area contributed by atoms with Gasteiger partial charge in [0.1, 0.15) is 11.3 Å². The molecule has 0 unspecified atom stereocenters. The molecule has 0 saturated heterocycles. The molecule has 0 spiro atoms. The first kappa shape index (κ1) is 13.4. The van der Waals surface area contributed by atoms with E-state index in [2.05, 4.69) is 18.5 Å². The highest BCUT2D eigenvalue weighted by Gasteiger charge is 2.35. The highest BCUT2D eigenvalue weighted by Crippen LogP contribution is 2.34. The van der Waals surface area contributed by atoms with Gasteiger partial charge in [0.15, 0.2) is 0 Å². The summed E-state index contributed by atoms with van der Waals surface area (Å²) in [7, 11) is 0. The lowest BCUT2D eigenvalue weighted by Crippen LogP contribution is -2.19. The van der Waals surface area contributed by atoms with Crippen molar-refractivity contribution in [3.63, 3.8) is 0 Å². The number of ether oxygens (including phenoxy) is 1. The Hall–Kier alpha value is -0.990. The lowest BCUT2D eigenvalue weighted by Gasteiger charge is -2.16. The summed E-state index contributed by atoms with van der Waals surface area (Å²) in [6, 6.07) is 3.63. The van der Waals surface area contributed by atoms with Crippen LogP contribution in [0.15, 0.2) is 29.5 Å². The summed E-state index contributed by atoms with van der Waals surface area (Å²) in [6.45, 7) is 9.84.